The molecule has 20 heavy (non-hydrogen) atoms. The zero-order valence-corrected chi connectivity index (χ0v) is 12.6. The molecule has 2 aromatic rings. The van der Waals surface area contributed by atoms with Crippen molar-refractivity contribution in [2.75, 3.05) is 6.54 Å². The van der Waals surface area contributed by atoms with Crippen LogP contribution in [0.1, 0.15) is 42.8 Å². The lowest BCUT2D eigenvalue weighted by Crippen LogP contribution is -2.23. The molecule has 0 aliphatic heterocycles. The van der Waals surface area contributed by atoms with Crippen LogP contribution in [-0.4, -0.2) is 21.1 Å². The van der Waals surface area contributed by atoms with Gasteiger partial charge in [0.05, 0.1) is 0 Å². The van der Waals surface area contributed by atoms with E-state index in [1.54, 1.807) is 0 Å². The largest absolute Gasteiger partial charge is 0.338 e. The first-order valence-corrected chi connectivity index (χ1v) is 7.32. The molecule has 1 N–H and O–H groups in total. The fourth-order valence-corrected chi connectivity index (χ4v) is 2.38. The number of rotatable bonds is 7. The molecule has 1 atom stereocenters. The van der Waals surface area contributed by atoms with Gasteiger partial charge in [-0.25, -0.2) is 4.98 Å². The van der Waals surface area contributed by atoms with Crippen LogP contribution >= 0.6 is 0 Å². The molecule has 0 bridgehead atoms. The van der Waals surface area contributed by atoms with Crippen LogP contribution in [0.15, 0.2) is 30.9 Å². The van der Waals surface area contributed by atoms with Crippen molar-refractivity contribution in [3.63, 3.8) is 0 Å². The Morgan fingerprint density at radius 3 is 2.85 bits per heavy atom. The van der Waals surface area contributed by atoms with Crippen molar-refractivity contribution in [2.45, 2.75) is 39.2 Å². The Labute approximate surface area is 121 Å². The van der Waals surface area contributed by atoms with Crippen molar-refractivity contribution >= 4 is 0 Å². The van der Waals surface area contributed by atoms with Crippen LogP contribution in [-0.2, 0) is 13.5 Å². The minimum atomic E-state index is 0.346. The number of aryl methyl sites for hydroxylation is 3. The number of aromatic nitrogens is 3. The van der Waals surface area contributed by atoms with Gasteiger partial charge in [-0.15, -0.1) is 0 Å². The lowest BCUT2D eigenvalue weighted by atomic mass is 10.0. The molecule has 108 valence electrons. The highest BCUT2D eigenvalue weighted by atomic mass is 15.0. The molecule has 0 spiro atoms. The third kappa shape index (κ3) is 3.90. The predicted octanol–water partition coefficient (Wildman–Crippen LogP) is 2.80. The van der Waals surface area contributed by atoms with Crippen molar-refractivity contribution in [2.24, 2.45) is 7.05 Å². The molecule has 4 nitrogen and oxygen atoms in total. The Morgan fingerprint density at radius 2 is 2.20 bits per heavy atom. The topological polar surface area (TPSA) is 42.7 Å². The van der Waals surface area contributed by atoms with Crippen LogP contribution in [0.5, 0.6) is 0 Å². The predicted molar refractivity (Wildman–Crippen MR) is 81.5 cm³/mol. The van der Waals surface area contributed by atoms with Gasteiger partial charge in [-0.05, 0) is 37.4 Å². The van der Waals surface area contributed by atoms with Gasteiger partial charge in [0.15, 0.2) is 0 Å². The normalized spacial score (nSPS) is 12.6. The minimum Gasteiger partial charge on any atom is -0.338 e. The first kappa shape index (κ1) is 14.7. The summed E-state index contributed by atoms with van der Waals surface area (Å²) in [6.45, 7) is 5.31. The number of nitrogens with one attached hydrogen (secondary N) is 1. The zero-order chi connectivity index (χ0) is 14.4. The molecule has 0 saturated heterocycles. The van der Waals surface area contributed by atoms with E-state index in [0.717, 1.165) is 31.6 Å². The summed E-state index contributed by atoms with van der Waals surface area (Å²) >= 11 is 0. The molecule has 0 amide bonds. The van der Waals surface area contributed by atoms with E-state index < -0.39 is 0 Å². The summed E-state index contributed by atoms with van der Waals surface area (Å²) in [5, 5.41) is 3.62. The molecule has 2 heterocycles. The van der Waals surface area contributed by atoms with Gasteiger partial charge in [-0.1, -0.05) is 13.0 Å². The second-order valence-corrected chi connectivity index (χ2v) is 5.30. The standard InChI is InChI=1S/C16H24N4/c1-4-7-18-15(14-10-13(2)11-17-12-14)5-6-16-19-8-9-20(16)3/h8-12,15,18H,4-7H2,1-3H3. The highest BCUT2D eigenvalue weighted by Crippen LogP contribution is 2.19. The molecule has 0 aromatic carbocycles. The van der Waals surface area contributed by atoms with E-state index in [4.69, 9.17) is 0 Å². The Hall–Kier alpha value is -1.68. The molecule has 1 unspecified atom stereocenters. The number of imidazole rings is 1. The quantitative estimate of drug-likeness (QED) is 0.843. The van der Waals surface area contributed by atoms with E-state index in [0.29, 0.717) is 6.04 Å². The summed E-state index contributed by atoms with van der Waals surface area (Å²) in [6, 6.07) is 2.57. The SMILES string of the molecule is CCCNC(CCc1nccn1C)c1cncc(C)c1. The highest BCUT2D eigenvalue weighted by Gasteiger charge is 2.12. The van der Waals surface area contributed by atoms with Gasteiger partial charge in [0, 0.05) is 44.3 Å². The maximum atomic E-state index is 4.40. The molecule has 0 radical (unpaired) electrons. The lowest BCUT2D eigenvalue weighted by molar-refractivity contribution is 0.490. The number of nitrogens with zero attached hydrogens (tertiary/aromatic N) is 3. The van der Waals surface area contributed by atoms with Gasteiger partial charge in [0.1, 0.15) is 5.82 Å². The fourth-order valence-electron chi connectivity index (χ4n) is 2.38. The maximum absolute atomic E-state index is 4.40. The zero-order valence-electron chi connectivity index (χ0n) is 12.6. The molecule has 0 aliphatic rings. The van der Waals surface area contributed by atoms with Crippen LogP contribution in [0.4, 0.5) is 0 Å². The van der Waals surface area contributed by atoms with E-state index in [1.165, 1.54) is 11.1 Å². The second-order valence-electron chi connectivity index (χ2n) is 5.30. The molecule has 0 saturated carbocycles. The monoisotopic (exact) mass is 272 g/mol. The van der Waals surface area contributed by atoms with E-state index in [2.05, 4.69) is 39.8 Å². The Balaban J connectivity index is 2.05. The highest BCUT2D eigenvalue weighted by molar-refractivity contribution is 5.20. The Bertz CT molecular complexity index is 533. The molecule has 2 rings (SSSR count). The minimum absolute atomic E-state index is 0.346. The van der Waals surface area contributed by atoms with Crippen LogP contribution in [0.25, 0.3) is 0 Å². The van der Waals surface area contributed by atoms with Crippen LogP contribution in [0, 0.1) is 6.92 Å². The van der Waals surface area contributed by atoms with Gasteiger partial charge in [-0.3, -0.25) is 4.98 Å². The summed E-state index contributed by atoms with van der Waals surface area (Å²) in [7, 11) is 2.05. The van der Waals surface area contributed by atoms with Gasteiger partial charge in [-0.2, -0.15) is 0 Å². The Morgan fingerprint density at radius 1 is 1.35 bits per heavy atom. The fraction of sp³-hybridized carbons (Fsp3) is 0.500. The summed E-state index contributed by atoms with van der Waals surface area (Å²) < 4.78 is 2.09. The number of hydrogen-bond donors (Lipinski definition) is 1. The van der Waals surface area contributed by atoms with Crippen LogP contribution in [0.3, 0.4) is 0 Å². The smallest absolute Gasteiger partial charge is 0.108 e. The van der Waals surface area contributed by atoms with E-state index in [9.17, 15) is 0 Å². The van der Waals surface area contributed by atoms with Gasteiger partial charge in [0.25, 0.3) is 0 Å². The Kier molecular flexibility index (Phi) is 5.30. The molecular weight excluding hydrogens is 248 g/mol. The van der Waals surface area contributed by atoms with E-state index in [-0.39, 0.29) is 0 Å². The summed E-state index contributed by atoms with van der Waals surface area (Å²) in [6.07, 6.45) is 10.9. The number of hydrogen-bond acceptors (Lipinski definition) is 3. The van der Waals surface area contributed by atoms with Crippen molar-refractivity contribution in [3.05, 3.63) is 47.8 Å². The third-order valence-electron chi connectivity index (χ3n) is 3.52. The summed E-state index contributed by atoms with van der Waals surface area (Å²) in [5.41, 5.74) is 2.48. The van der Waals surface area contributed by atoms with Gasteiger partial charge < -0.3 is 9.88 Å². The van der Waals surface area contributed by atoms with Gasteiger partial charge in [0.2, 0.25) is 0 Å². The molecular formula is C16H24N4. The first-order chi connectivity index (χ1) is 9.70. The average molecular weight is 272 g/mol. The first-order valence-electron chi connectivity index (χ1n) is 7.32. The summed E-state index contributed by atoms with van der Waals surface area (Å²) in [4.78, 5) is 8.71. The van der Waals surface area contributed by atoms with E-state index >= 15 is 0 Å². The third-order valence-corrected chi connectivity index (χ3v) is 3.52. The van der Waals surface area contributed by atoms with Crippen LogP contribution < -0.4 is 5.32 Å². The molecule has 2 aromatic heterocycles. The second kappa shape index (κ2) is 7.20. The van der Waals surface area contributed by atoms with Crippen molar-refractivity contribution < 1.29 is 0 Å². The maximum Gasteiger partial charge on any atom is 0.108 e. The van der Waals surface area contributed by atoms with Crippen molar-refractivity contribution in [1.82, 2.24) is 19.9 Å². The average Bonchev–Trinajstić information content (AvgIpc) is 2.84. The van der Waals surface area contributed by atoms with Crippen LogP contribution in [0.2, 0.25) is 0 Å². The lowest BCUT2D eigenvalue weighted by Gasteiger charge is -2.19. The molecule has 0 aliphatic carbocycles. The van der Waals surface area contributed by atoms with E-state index in [1.807, 2.05) is 31.8 Å². The van der Waals surface area contributed by atoms with Crippen molar-refractivity contribution in [3.8, 4) is 0 Å². The number of pyridine rings is 1. The van der Waals surface area contributed by atoms with Crippen molar-refractivity contribution in [1.29, 1.82) is 0 Å². The molecule has 0 fully saturated rings. The molecule has 4 heteroatoms. The van der Waals surface area contributed by atoms with Gasteiger partial charge >= 0.3 is 0 Å². The summed E-state index contributed by atoms with van der Waals surface area (Å²) in [5.74, 6) is 1.13.